The number of nitro benzene ring substituents is 1. The lowest BCUT2D eigenvalue weighted by molar-refractivity contribution is -0.384. The van der Waals surface area contributed by atoms with E-state index in [4.69, 9.17) is 4.74 Å². The van der Waals surface area contributed by atoms with E-state index in [-0.39, 0.29) is 11.3 Å². The molecule has 1 heterocycles. The van der Waals surface area contributed by atoms with Gasteiger partial charge < -0.3 is 10.1 Å². The van der Waals surface area contributed by atoms with Crippen LogP contribution in [0.15, 0.2) is 47.8 Å². The molecule has 1 amide bonds. The molecular weight excluding hydrogens is 368 g/mol. The number of nitro groups is 1. The fourth-order valence-corrected chi connectivity index (χ4v) is 3.16. The number of hydrogen-bond donors (Lipinski definition) is 2. The van der Waals surface area contributed by atoms with Crippen LogP contribution in [0.2, 0.25) is 0 Å². The summed E-state index contributed by atoms with van der Waals surface area (Å²) in [5.41, 5.74) is 2.11. The molecule has 0 aliphatic carbocycles. The Kier molecular flexibility index (Phi) is 5.32. The summed E-state index contributed by atoms with van der Waals surface area (Å²) in [6.45, 7) is 0. The smallest absolute Gasteiger partial charge is 0.270 e. The third-order valence-electron chi connectivity index (χ3n) is 3.84. The summed E-state index contributed by atoms with van der Waals surface area (Å²) in [5, 5.41) is 18.8. The van der Waals surface area contributed by atoms with Crippen molar-refractivity contribution in [2.24, 2.45) is 0 Å². The molecule has 3 rings (SSSR count). The van der Waals surface area contributed by atoms with Crippen LogP contribution in [0.4, 0.5) is 16.5 Å². The molecule has 0 unspecified atom stereocenters. The fraction of sp³-hybridized carbons (Fsp3) is 0.111. The number of amides is 1. The molecule has 2 aromatic carbocycles. The first kappa shape index (κ1) is 18.3. The average molecular weight is 384 g/mol. The van der Waals surface area contributed by atoms with Crippen LogP contribution in [0.1, 0.15) is 10.4 Å². The van der Waals surface area contributed by atoms with Gasteiger partial charge in [0.25, 0.3) is 11.6 Å². The van der Waals surface area contributed by atoms with Gasteiger partial charge in [0, 0.05) is 35.8 Å². The highest BCUT2D eigenvalue weighted by Gasteiger charge is 2.17. The molecule has 1 aromatic heterocycles. The Bertz CT molecular complexity index is 985. The number of ether oxygens (including phenoxy) is 1. The molecule has 0 radical (unpaired) electrons. The van der Waals surface area contributed by atoms with Gasteiger partial charge in [-0.05, 0) is 30.3 Å². The molecule has 0 aliphatic heterocycles. The van der Waals surface area contributed by atoms with Gasteiger partial charge in [-0.3, -0.25) is 20.2 Å². The van der Waals surface area contributed by atoms with Crippen LogP contribution in [0, 0.1) is 10.1 Å². The number of nitrogens with one attached hydrogen (secondary N) is 2. The molecule has 0 fully saturated rings. The Labute approximate surface area is 159 Å². The van der Waals surface area contributed by atoms with Crippen LogP contribution < -0.4 is 15.4 Å². The number of anilines is 2. The predicted octanol–water partition coefficient (Wildman–Crippen LogP) is 4.02. The molecule has 0 saturated carbocycles. The van der Waals surface area contributed by atoms with Crippen LogP contribution >= 0.6 is 11.3 Å². The van der Waals surface area contributed by atoms with Gasteiger partial charge in [-0.1, -0.05) is 0 Å². The quantitative estimate of drug-likeness (QED) is 0.491. The monoisotopic (exact) mass is 384 g/mol. The van der Waals surface area contributed by atoms with E-state index in [1.807, 2.05) is 29.6 Å². The lowest BCUT2D eigenvalue weighted by Gasteiger charge is -2.08. The van der Waals surface area contributed by atoms with Crippen LogP contribution in [-0.4, -0.2) is 30.0 Å². The normalized spacial score (nSPS) is 10.3. The third kappa shape index (κ3) is 4.04. The van der Waals surface area contributed by atoms with Gasteiger partial charge in [0.05, 0.1) is 23.3 Å². The summed E-state index contributed by atoms with van der Waals surface area (Å²) >= 11 is 1.27. The Balaban J connectivity index is 1.81. The van der Waals surface area contributed by atoms with Crippen molar-refractivity contribution in [3.8, 4) is 17.0 Å². The zero-order valence-corrected chi connectivity index (χ0v) is 15.4. The van der Waals surface area contributed by atoms with Crippen molar-refractivity contribution >= 4 is 33.8 Å². The molecule has 138 valence electrons. The highest BCUT2D eigenvalue weighted by Crippen LogP contribution is 2.28. The van der Waals surface area contributed by atoms with Crippen LogP contribution in [-0.2, 0) is 0 Å². The van der Waals surface area contributed by atoms with Crippen LogP contribution in [0.25, 0.3) is 11.3 Å². The molecule has 0 atom stereocenters. The number of non-ortho nitro benzene ring substituents is 1. The number of thiazole rings is 1. The first-order valence-corrected chi connectivity index (χ1v) is 8.77. The zero-order chi connectivity index (χ0) is 19.4. The summed E-state index contributed by atoms with van der Waals surface area (Å²) in [7, 11) is 3.24. The van der Waals surface area contributed by atoms with E-state index < -0.39 is 10.8 Å². The van der Waals surface area contributed by atoms with Gasteiger partial charge in [-0.15, -0.1) is 11.3 Å². The van der Waals surface area contributed by atoms with E-state index in [0.29, 0.717) is 16.5 Å². The number of rotatable bonds is 6. The topological polar surface area (TPSA) is 106 Å². The van der Waals surface area contributed by atoms with Crippen molar-refractivity contribution in [1.29, 1.82) is 0 Å². The summed E-state index contributed by atoms with van der Waals surface area (Å²) < 4.78 is 5.13. The molecule has 0 bridgehead atoms. The Morgan fingerprint density at radius 1 is 1.22 bits per heavy atom. The van der Waals surface area contributed by atoms with E-state index >= 15 is 0 Å². The summed E-state index contributed by atoms with van der Waals surface area (Å²) in [4.78, 5) is 27.4. The van der Waals surface area contributed by atoms with Crippen molar-refractivity contribution in [2.45, 2.75) is 0 Å². The van der Waals surface area contributed by atoms with Crippen molar-refractivity contribution in [3.05, 3.63) is 63.5 Å². The molecular formula is C18H16N4O4S. The second kappa shape index (κ2) is 7.83. The maximum absolute atomic E-state index is 12.6. The number of nitrogens with zero attached hydrogens (tertiary/aromatic N) is 2. The van der Waals surface area contributed by atoms with E-state index in [0.717, 1.165) is 11.3 Å². The Morgan fingerprint density at radius 2 is 1.96 bits per heavy atom. The lowest BCUT2D eigenvalue weighted by atomic mass is 10.1. The number of hydrogen-bond acceptors (Lipinski definition) is 7. The van der Waals surface area contributed by atoms with E-state index in [1.54, 1.807) is 14.2 Å². The van der Waals surface area contributed by atoms with Gasteiger partial charge in [0.1, 0.15) is 5.75 Å². The van der Waals surface area contributed by atoms with Gasteiger partial charge >= 0.3 is 0 Å². The molecule has 2 N–H and O–H groups in total. The van der Waals surface area contributed by atoms with Crippen molar-refractivity contribution in [1.82, 2.24) is 4.98 Å². The van der Waals surface area contributed by atoms with E-state index in [2.05, 4.69) is 15.6 Å². The third-order valence-corrected chi connectivity index (χ3v) is 4.60. The number of carbonyl (C=O) groups is 1. The van der Waals surface area contributed by atoms with Gasteiger partial charge in [-0.2, -0.15) is 0 Å². The first-order chi connectivity index (χ1) is 13.0. The fourth-order valence-electron chi connectivity index (χ4n) is 2.44. The minimum absolute atomic E-state index is 0.155. The first-order valence-electron chi connectivity index (χ1n) is 7.89. The van der Waals surface area contributed by atoms with Crippen molar-refractivity contribution < 1.29 is 14.5 Å². The largest absolute Gasteiger partial charge is 0.497 e. The molecule has 3 aromatic rings. The second-order valence-electron chi connectivity index (χ2n) is 5.46. The molecule has 0 spiro atoms. The van der Waals surface area contributed by atoms with Crippen molar-refractivity contribution in [3.63, 3.8) is 0 Å². The van der Waals surface area contributed by atoms with Crippen LogP contribution in [0.5, 0.6) is 5.75 Å². The second-order valence-corrected chi connectivity index (χ2v) is 6.32. The average Bonchev–Trinajstić information content (AvgIpc) is 3.15. The molecule has 9 heteroatoms. The van der Waals surface area contributed by atoms with Crippen LogP contribution in [0.3, 0.4) is 0 Å². The van der Waals surface area contributed by atoms with E-state index in [1.165, 1.54) is 29.5 Å². The van der Waals surface area contributed by atoms with Gasteiger partial charge in [0.15, 0.2) is 5.13 Å². The number of methoxy groups -OCH3 is 1. The minimum Gasteiger partial charge on any atom is -0.497 e. The van der Waals surface area contributed by atoms with E-state index in [9.17, 15) is 14.9 Å². The lowest BCUT2D eigenvalue weighted by Crippen LogP contribution is -2.14. The number of carbonyl (C=O) groups excluding carboxylic acids is 1. The number of aromatic nitrogens is 1. The Morgan fingerprint density at radius 3 is 2.59 bits per heavy atom. The maximum Gasteiger partial charge on any atom is 0.270 e. The van der Waals surface area contributed by atoms with Gasteiger partial charge in [-0.25, -0.2) is 4.98 Å². The summed E-state index contributed by atoms with van der Waals surface area (Å²) in [6.07, 6.45) is 0. The predicted molar refractivity (Wildman–Crippen MR) is 105 cm³/mol. The number of benzene rings is 2. The minimum atomic E-state index is -0.540. The standard InChI is InChI=1S/C18H16N4O4S/c1-19-15-8-5-12(22(24)25)9-14(15)17(23)21-18-20-16(10-27-18)11-3-6-13(26-2)7-4-11/h3-10,19H,1-2H3,(H,20,21,23). The van der Waals surface area contributed by atoms with Crippen molar-refractivity contribution in [2.75, 3.05) is 24.8 Å². The Hall–Kier alpha value is -3.46. The molecule has 0 saturated heterocycles. The highest BCUT2D eigenvalue weighted by molar-refractivity contribution is 7.14. The zero-order valence-electron chi connectivity index (χ0n) is 14.6. The highest BCUT2D eigenvalue weighted by atomic mass is 32.1. The molecule has 8 nitrogen and oxygen atoms in total. The molecule has 0 aliphatic rings. The summed E-state index contributed by atoms with van der Waals surface area (Å²) in [6, 6.07) is 11.5. The molecule has 27 heavy (non-hydrogen) atoms. The summed E-state index contributed by atoms with van der Waals surface area (Å²) in [5.74, 6) is 0.270. The maximum atomic E-state index is 12.6. The van der Waals surface area contributed by atoms with Gasteiger partial charge in [0.2, 0.25) is 0 Å². The SMILES string of the molecule is CNc1ccc([N+](=O)[O-])cc1C(=O)Nc1nc(-c2ccc(OC)cc2)cs1.